The molecular formula is C18H25N3O4S. The van der Waals surface area contributed by atoms with Crippen LogP contribution >= 0.6 is 0 Å². The van der Waals surface area contributed by atoms with E-state index in [9.17, 15) is 18.0 Å². The second kappa shape index (κ2) is 7.85. The number of amides is 1. The zero-order valence-electron chi connectivity index (χ0n) is 14.9. The van der Waals surface area contributed by atoms with E-state index in [-0.39, 0.29) is 16.6 Å². The van der Waals surface area contributed by atoms with E-state index < -0.39 is 16.1 Å². The Kier molecular flexibility index (Phi) is 5.74. The summed E-state index contributed by atoms with van der Waals surface area (Å²) in [7, 11) is -3.78. The molecule has 3 rings (SSSR count). The first-order chi connectivity index (χ1) is 12.4. The molecule has 1 atom stereocenters. The highest BCUT2D eigenvalue weighted by atomic mass is 32.2. The van der Waals surface area contributed by atoms with Crippen molar-refractivity contribution in [1.82, 2.24) is 14.9 Å². The van der Waals surface area contributed by atoms with Gasteiger partial charge >= 0.3 is 0 Å². The lowest BCUT2D eigenvalue weighted by molar-refractivity contribution is -0.125. The molecule has 0 aromatic heterocycles. The maximum absolute atomic E-state index is 13.0. The fraction of sp³-hybridized carbons (Fsp3) is 0.556. The first-order valence-electron chi connectivity index (χ1n) is 9.01. The molecule has 2 heterocycles. The van der Waals surface area contributed by atoms with Crippen LogP contribution in [0.2, 0.25) is 0 Å². The number of benzene rings is 1. The van der Waals surface area contributed by atoms with Crippen molar-refractivity contribution in [3.8, 4) is 0 Å². The van der Waals surface area contributed by atoms with E-state index in [0.29, 0.717) is 31.0 Å². The highest BCUT2D eigenvalue weighted by Crippen LogP contribution is 2.26. The van der Waals surface area contributed by atoms with Gasteiger partial charge in [-0.3, -0.25) is 9.59 Å². The Bertz CT molecular complexity index is 772. The minimum atomic E-state index is -3.78. The van der Waals surface area contributed by atoms with Crippen molar-refractivity contribution < 1.29 is 18.0 Å². The van der Waals surface area contributed by atoms with Crippen molar-refractivity contribution in [2.24, 2.45) is 5.92 Å². The number of nitrogens with one attached hydrogen (secondary N) is 2. The van der Waals surface area contributed by atoms with Crippen molar-refractivity contribution in [3.63, 3.8) is 0 Å². The number of rotatable bonds is 6. The van der Waals surface area contributed by atoms with Crippen molar-refractivity contribution in [2.75, 3.05) is 26.2 Å². The molecule has 2 saturated heterocycles. The third-order valence-electron chi connectivity index (χ3n) is 5.05. The summed E-state index contributed by atoms with van der Waals surface area (Å²) < 4.78 is 27.4. The second-order valence-corrected chi connectivity index (χ2v) is 8.87. The van der Waals surface area contributed by atoms with Gasteiger partial charge in [0.15, 0.2) is 5.78 Å². The summed E-state index contributed by atoms with van der Waals surface area (Å²) in [4.78, 5) is 24.1. The van der Waals surface area contributed by atoms with Gasteiger partial charge in [-0.2, -0.15) is 4.31 Å². The van der Waals surface area contributed by atoms with Gasteiger partial charge in [0.25, 0.3) is 0 Å². The SMILES string of the molecule is CC(=O)c1ccc(S(=O)(=O)N2CCCCC2C(=O)NCC2CNC2)cc1. The molecule has 0 radical (unpaired) electrons. The van der Waals surface area contributed by atoms with Gasteiger partial charge in [0, 0.05) is 37.7 Å². The average Bonchev–Trinajstić information content (AvgIpc) is 2.60. The molecule has 0 bridgehead atoms. The summed E-state index contributed by atoms with van der Waals surface area (Å²) in [6.07, 6.45) is 2.10. The summed E-state index contributed by atoms with van der Waals surface area (Å²) in [5.41, 5.74) is 0.464. The highest BCUT2D eigenvalue weighted by Gasteiger charge is 2.37. The smallest absolute Gasteiger partial charge is 0.243 e. The number of ketones is 1. The Morgan fingerprint density at radius 3 is 2.46 bits per heavy atom. The first kappa shape index (κ1) is 19.0. The Morgan fingerprint density at radius 1 is 1.19 bits per heavy atom. The number of piperidine rings is 1. The minimum Gasteiger partial charge on any atom is -0.354 e. The third-order valence-corrected chi connectivity index (χ3v) is 6.98. The zero-order chi connectivity index (χ0) is 18.7. The molecule has 0 spiro atoms. The summed E-state index contributed by atoms with van der Waals surface area (Å²) in [5, 5.41) is 6.05. The lowest BCUT2D eigenvalue weighted by Gasteiger charge is -2.34. The van der Waals surface area contributed by atoms with E-state index in [4.69, 9.17) is 0 Å². The molecule has 8 heteroatoms. The van der Waals surface area contributed by atoms with Gasteiger partial charge in [-0.1, -0.05) is 18.6 Å². The molecule has 1 aromatic rings. The number of Topliss-reactive ketones (excluding diaryl/α,β-unsaturated/α-hetero) is 1. The molecule has 7 nitrogen and oxygen atoms in total. The van der Waals surface area contributed by atoms with E-state index in [1.54, 1.807) is 0 Å². The van der Waals surface area contributed by atoms with Crippen LogP contribution in [0, 0.1) is 5.92 Å². The largest absolute Gasteiger partial charge is 0.354 e. The molecule has 1 amide bonds. The van der Waals surface area contributed by atoms with Crippen LogP contribution in [-0.2, 0) is 14.8 Å². The van der Waals surface area contributed by atoms with Gasteiger partial charge < -0.3 is 10.6 Å². The normalized spacial score (nSPS) is 21.8. The summed E-state index contributed by atoms with van der Waals surface area (Å²) in [6.45, 7) is 4.11. The number of carbonyl (C=O) groups is 2. The standard InChI is InChI=1S/C18H25N3O4S/c1-13(22)15-5-7-16(8-6-15)26(24,25)21-9-3-2-4-17(21)18(23)20-12-14-10-19-11-14/h5-8,14,17,19H,2-4,9-12H2,1H3,(H,20,23). The van der Waals surface area contributed by atoms with Crippen LogP contribution in [0.5, 0.6) is 0 Å². The predicted octanol–water partition coefficient (Wildman–Crippen LogP) is 0.768. The van der Waals surface area contributed by atoms with E-state index in [1.165, 1.54) is 35.5 Å². The summed E-state index contributed by atoms with van der Waals surface area (Å²) >= 11 is 0. The first-order valence-corrected chi connectivity index (χ1v) is 10.4. The van der Waals surface area contributed by atoms with Crippen LogP contribution in [0.25, 0.3) is 0 Å². The number of hydrogen-bond donors (Lipinski definition) is 2. The van der Waals surface area contributed by atoms with Crippen LogP contribution in [0.1, 0.15) is 36.5 Å². The van der Waals surface area contributed by atoms with Crippen LogP contribution in [-0.4, -0.2) is 56.6 Å². The lowest BCUT2D eigenvalue weighted by atomic mass is 10.0. The molecule has 26 heavy (non-hydrogen) atoms. The zero-order valence-corrected chi connectivity index (χ0v) is 15.7. The fourth-order valence-corrected chi connectivity index (χ4v) is 4.96. The van der Waals surface area contributed by atoms with E-state index >= 15 is 0 Å². The Morgan fingerprint density at radius 2 is 1.88 bits per heavy atom. The van der Waals surface area contributed by atoms with Crippen LogP contribution in [0.15, 0.2) is 29.2 Å². The molecule has 2 N–H and O–H groups in total. The molecule has 2 aliphatic rings. The molecule has 0 saturated carbocycles. The average molecular weight is 379 g/mol. The van der Waals surface area contributed by atoms with Crippen molar-refractivity contribution >= 4 is 21.7 Å². The number of hydrogen-bond acceptors (Lipinski definition) is 5. The Balaban J connectivity index is 1.76. The molecule has 142 valence electrons. The molecule has 2 aliphatic heterocycles. The van der Waals surface area contributed by atoms with E-state index in [2.05, 4.69) is 10.6 Å². The number of nitrogens with zero attached hydrogens (tertiary/aromatic N) is 1. The van der Waals surface area contributed by atoms with Gasteiger partial charge in [-0.15, -0.1) is 0 Å². The van der Waals surface area contributed by atoms with Gasteiger partial charge in [-0.05, 0) is 31.9 Å². The second-order valence-electron chi connectivity index (χ2n) is 6.98. The maximum Gasteiger partial charge on any atom is 0.243 e. The maximum atomic E-state index is 13.0. The third kappa shape index (κ3) is 3.97. The van der Waals surface area contributed by atoms with Crippen molar-refractivity contribution in [3.05, 3.63) is 29.8 Å². The van der Waals surface area contributed by atoms with Crippen LogP contribution < -0.4 is 10.6 Å². The van der Waals surface area contributed by atoms with Gasteiger partial charge in [0.2, 0.25) is 15.9 Å². The molecule has 1 aromatic carbocycles. The van der Waals surface area contributed by atoms with E-state index in [0.717, 1.165) is 25.9 Å². The lowest BCUT2D eigenvalue weighted by Crippen LogP contribution is -2.54. The predicted molar refractivity (Wildman–Crippen MR) is 97.3 cm³/mol. The summed E-state index contributed by atoms with van der Waals surface area (Å²) in [6, 6.07) is 5.23. The number of sulfonamides is 1. The number of carbonyl (C=O) groups excluding carboxylic acids is 2. The highest BCUT2D eigenvalue weighted by molar-refractivity contribution is 7.89. The molecule has 0 aliphatic carbocycles. The Hall–Kier alpha value is -1.77. The topological polar surface area (TPSA) is 95.6 Å². The summed E-state index contributed by atoms with van der Waals surface area (Å²) in [5.74, 6) is 0.0851. The minimum absolute atomic E-state index is 0.116. The van der Waals surface area contributed by atoms with Gasteiger partial charge in [0.1, 0.15) is 6.04 Å². The molecular weight excluding hydrogens is 354 g/mol. The monoisotopic (exact) mass is 379 g/mol. The van der Waals surface area contributed by atoms with Crippen molar-refractivity contribution in [2.45, 2.75) is 37.1 Å². The van der Waals surface area contributed by atoms with Gasteiger partial charge in [-0.25, -0.2) is 8.42 Å². The van der Waals surface area contributed by atoms with E-state index in [1.807, 2.05) is 0 Å². The van der Waals surface area contributed by atoms with Crippen LogP contribution in [0.4, 0.5) is 0 Å². The van der Waals surface area contributed by atoms with Crippen LogP contribution in [0.3, 0.4) is 0 Å². The van der Waals surface area contributed by atoms with Crippen molar-refractivity contribution in [1.29, 1.82) is 0 Å². The fourth-order valence-electron chi connectivity index (χ4n) is 3.31. The molecule has 2 fully saturated rings. The Labute approximate surface area is 154 Å². The quantitative estimate of drug-likeness (QED) is 0.712. The van der Waals surface area contributed by atoms with Gasteiger partial charge in [0.05, 0.1) is 4.90 Å². The molecule has 1 unspecified atom stereocenters.